The third-order valence-electron chi connectivity index (χ3n) is 5.27. The molecule has 0 spiro atoms. The van der Waals surface area contributed by atoms with E-state index in [0.29, 0.717) is 23.4 Å². The summed E-state index contributed by atoms with van der Waals surface area (Å²) in [7, 11) is 0. The van der Waals surface area contributed by atoms with Crippen molar-refractivity contribution in [3.05, 3.63) is 40.5 Å². The van der Waals surface area contributed by atoms with Crippen LogP contribution in [0.1, 0.15) is 48.2 Å². The molecule has 1 saturated carbocycles. The molecule has 4 rings (SSSR count). The summed E-state index contributed by atoms with van der Waals surface area (Å²) in [6.07, 6.45) is 3.30. The number of benzene rings is 1. The molecule has 2 aliphatic rings. The summed E-state index contributed by atoms with van der Waals surface area (Å²) < 4.78 is 0. The molecule has 0 bridgehead atoms. The predicted octanol–water partition coefficient (Wildman–Crippen LogP) is 4.42. The number of carbonyl (C=O) groups excluding carboxylic acids is 1. The van der Waals surface area contributed by atoms with Crippen LogP contribution in [0.15, 0.2) is 24.3 Å². The number of nitrogens with zero attached hydrogens (tertiary/aromatic N) is 2. The van der Waals surface area contributed by atoms with Gasteiger partial charge in [0.2, 0.25) is 0 Å². The largest absolute Gasteiger partial charge is 0.336 e. The molecule has 1 aliphatic heterocycles. The van der Waals surface area contributed by atoms with Gasteiger partial charge in [-0.1, -0.05) is 11.6 Å². The smallest absolute Gasteiger partial charge is 0.254 e. The Morgan fingerprint density at radius 3 is 2.65 bits per heavy atom. The van der Waals surface area contributed by atoms with Gasteiger partial charge in [0, 0.05) is 34.6 Å². The molecule has 2 fully saturated rings. The molecule has 1 aromatic carbocycles. The van der Waals surface area contributed by atoms with Crippen molar-refractivity contribution in [2.75, 3.05) is 13.1 Å². The number of fused-ring (bicyclic) bond motifs is 1. The van der Waals surface area contributed by atoms with Gasteiger partial charge in [-0.25, -0.2) is 0 Å². The van der Waals surface area contributed by atoms with E-state index in [1.165, 1.54) is 0 Å². The van der Waals surface area contributed by atoms with E-state index >= 15 is 0 Å². The van der Waals surface area contributed by atoms with Crippen LogP contribution in [0.2, 0.25) is 5.02 Å². The molecule has 0 radical (unpaired) electrons. The van der Waals surface area contributed by atoms with Gasteiger partial charge in [0.1, 0.15) is 0 Å². The normalized spacial score (nSPS) is 22.0. The molecule has 7 heteroatoms. The van der Waals surface area contributed by atoms with Gasteiger partial charge < -0.3 is 10.6 Å². The highest BCUT2D eigenvalue weighted by atomic mass is 35.5. The second kappa shape index (κ2) is 8.30. The minimum atomic E-state index is 0. The first-order valence-electron chi connectivity index (χ1n) is 8.68. The summed E-state index contributed by atoms with van der Waals surface area (Å²) in [4.78, 5) is 20.0. The third-order valence-corrected chi connectivity index (χ3v) is 5.51. The Bertz CT molecular complexity index is 810. The molecule has 1 amide bonds. The van der Waals surface area contributed by atoms with Crippen molar-refractivity contribution in [2.24, 2.45) is 11.7 Å². The van der Waals surface area contributed by atoms with Crippen molar-refractivity contribution >= 4 is 53.2 Å². The average Bonchev–Trinajstić information content (AvgIpc) is 3.36. The van der Waals surface area contributed by atoms with Crippen molar-refractivity contribution in [3.8, 4) is 0 Å². The topological polar surface area (TPSA) is 59.2 Å². The monoisotopic (exact) mass is 415 g/mol. The van der Waals surface area contributed by atoms with Crippen molar-refractivity contribution in [2.45, 2.75) is 38.1 Å². The standard InChI is InChI=1S/C19H22ClN3O.2ClH/c1-11-6-12(9-21)10-23(11)19(24)16-8-18(13-2-3-13)22-17-5-4-14(20)7-15(16)17;;/h4-5,7-8,11-13H,2-3,6,9-10,21H2,1H3;2*1H. The van der Waals surface area contributed by atoms with Crippen molar-refractivity contribution < 1.29 is 4.79 Å². The van der Waals surface area contributed by atoms with Crippen molar-refractivity contribution in [1.82, 2.24) is 9.88 Å². The molecule has 2 heterocycles. The number of amides is 1. The number of likely N-dealkylation sites (tertiary alicyclic amines) is 1. The molecule has 2 unspecified atom stereocenters. The highest BCUT2D eigenvalue weighted by Crippen LogP contribution is 2.40. The van der Waals surface area contributed by atoms with E-state index in [9.17, 15) is 4.79 Å². The van der Waals surface area contributed by atoms with Gasteiger partial charge >= 0.3 is 0 Å². The fourth-order valence-corrected chi connectivity index (χ4v) is 3.91. The summed E-state index contributed by atoms with van der Waals surface area (Å²) in [6.45, 7) is 3.47. The quantitative estimate of drug-likeness (QED) is 0.805. The first-order valence-corrected chi connectivity index (χ1v) is 9.06. The molecular formula is C19H24Cl3N3O. The Morgan fingerprint density at radius 2 is 2.04 bits per heavy atom. The van der Waals surface area contributed by atoms with Gasteiger partial charge in [-0.2, -0.15) is 0 Å². The number of aromatic nitrogens is 1. The number of carbonyl (C=O) groups is 1. The summed E-state index contributed by atoms with van der Waals surface area (Å²) in [5.74, 6) is 0.975. The van der Waals surface area contributed by atoms with E-state index in [1.54, 1.807) is 0 Å². The Morgan fingerprint density at radius 1 is 1.31 bits per heavy atom. The molecule has 4 nitrogen and oxygen atoms in total. The lowest BCUT2D eigenvalue weighted by molar-refractivity contribution is 0.0745. The minimum Gasteiger partial charge on any atom is -0.336 e. The number of nitrogens with two attached hydrogens (primary N) is 1. The van der Waals surface area contributed by atoms with Crippen LogP contribution in [0.5, 0.6) is 0 Å². The van der Waals surface area contributed by atoms with Gasteiger partial charge in [-0.05, 0) is 62.9 Å². The van der Waals surface area contributed by atoms with E-state index < -0.39 is 0 Å². The van der Waals surface area contributed by atoms with E-state index in [2.05, 4.69) is 6.92 Å². The number of hydrogen-bond donors (Lipinski definition) is 1. The number of halogens is 3. The molecule has 2 atom stereocenters. The molecular weight excluding hydrogens is 393 g/mol. The van der Waals surface area contributed by atoms with Crippen LogP contribution >= 0.6 is 36.4 Å². The number of hydrogen-bond acceptors (Lipinski definition) is 3. The Labute approximate surface area is 171 Å². The van der Waals surface area contributed by atoms with Crippen LogP contribution in [0.25, 0.3) is 10.9 Å². The Kier molecular flexibility index (Phi) is 6.78. The zero-order chi connectivity index (χ0) is 16.8. The molecule has 1 aliphatic carbocycles. The lowest BCUT2D eigenvalue weighted by Crippen LogP contribution is -2.34. The van der Waals surface area contributed by atoms with Crippen LogP contribution in [0.3, 0.4) is 0 Å². The number of rotatable bonds is 3. The first kappa shape index (κ1) is 21.2. The molecule has 1 aromatic heterocycles. The third kappa shape index (κ3) is 3.94. The molecule has 26 heavy (non-hydrogen) atoms. The Hall–Kier alpha value is -1.07. The number of pyridine rings is 1. The zero-order valence-corrected chi connectivity index (χ0v) is 17.0. The van der Waals surface area contributed by atoms with E-state index in [4.69, 9.17) is 22.3 Å². The first-order chi connectivity index (χ1) is 11.6. The van der Waals surface area contributed by atoms with Gasteiger partial charge in [-0.15, -0.1) is 24.8 Å². The second-order valence-corrected chi connectivity index (χ2v) is 7.61. The Balaban J connectivity index is 0.00000121. The molecule has 2 aromatic rings. The lowest BCUT2D eigenvalue weighted by atomic mass is 10.0. The highest BCUT2D eigenvalue weighted by Gasteiger charge is 2.34. The predicted molar refractivity (Wildman–Crippen MR) is 111 cm³/mol. The van der Waals surface area contributed by atoms with Gasteiger partial charge in [0.15, 0.2) is 0 Å². The van der Waals surface area contributed by atoms with Crippen molar-refractivity contribution in [3.63, 3.8) is 0 Å². The fourth-order valence-electron chi connectivity index (χ4n) is 3.73. The van der Waals surface area contributed by atoms with Crippen molar-refractivity contribution in [1.29, 1.82) is 0 Å². The molecule has 2 N–H and O–H groups in total. The maximum atomic E-state index is 13.3. The van der Waals surface area contributed by atoms with E-state index in [1.807, 2.05) is 29.2 Å². The maximum absolute atomic E-state index is 13.3. The summed E-state index contributed by atoms with van der Waals surface area (Å²) in [5, 5.41) is 1.48. The van der Waals surface area contributed by atoms with E-state index in [-0.39, 0.29) is 36.8 Å². The van der Waals surface area contributed by atoms with Crippen LogP contribution in [0.4, 0.5) is 0 Å². The summed E-state index contributed by atoms with van der Waals surface area (Å²) in [5.41, 5.74) is 8.44. The van der Waals surface area contributed by atoms with Gasteiger partial charge in [-0.3, -0.25) is 9.78 Å². The summed E-state index contributed by atoms with van der Waals surface area (Å²) in [6, 6.07) is 7.81. The van der Waals surface area contributed by atoms with E-state index in [0.717, 1.165) is 48.0 Å². The lowest BCUT2D eigenvalue weighted by Gasteiger charge is -2.23. The minimum absolute atomic E-state index is 0. The maximum Gasteiger partial charge on any atom is 0.254 e. The van der Waals surface area contributed by atoms with Gasteiger partial charge in [0.25, 0.3) is 5.91 Å². The van der Waals surface area contributed by atoms with Crippen LogP contribution in [-0.4, -0.2) is 34.9 Å². The molecule has 1 saturated heterocycles. The van der Waals surface area contributed by atoms with Crippen LogP contribution < -0.4 is 5.73 Å². The van der Waals surface area contributed by atoms with Gasteiger partial charge in [0.05, 0.1) is 11.1 Å². The van der Waals surface area contributed by atoms with Crippen LogP contribution in [-0.2, 0) is 0 Å². The SMILES string of the molecule is CC1CC(CN)CN1C(=O)c1cc(C2CC2)nc2ccc(Cl)cc12.Cl.Cl. The fraction of sp³-hybridized carbons (Fsp3) is 0.474. The zero-order valence-electron chi connectivity index (χ0n) is 14.7. The second-order valence-electron chi connectivity index (χ2n) is 7.17. The highest BCUT2D eigenvalue weighted by molar-refractivity contribution is 6.31. The molecule has 142 valence electrons. The average molecular weight is 417 g/mol. The van der Waals surface area contributed by atoms with Crippen LogP contribution in [0, 0.1) is 5.92 Å². The summed E-state index contributed by atoms with van der Waals surface area (Å²) >= 11 is 6.17.